The smallest absolute Gasteiger partial charge is 0.131 e. The summed E-state index contributed by atoms with van der Waals surface area (Å²) in [5.74, 6) is 2.57. The van der Waals surface area contributed by atoms with Crippen molar-refractivity contribution in [3.05, 3.63) is 30.1 Å². The lowest BCUT2D eigenvalue weighted by atomic mass is 9.95. The zero-order valence-corrected chi connectivity index (χ0v) is 12.9. The third-order valence-corrected chi connectivity index (χ3v) is 3.36. The van der Waals surface area contributed by atoms with Crippen LogP contribution >= 0.6 is 0 Å². The summed E-state index contributed by atoms with van der Waals surface area (Å²) in [5, 5.41) is 0. The van der Waals surface area contributed by atoms with E-state index in [1.165, 1.54) is 0 Å². The van der Waals surface area contributed by atoms with Crippen molar-refractivity contribution in [1.82, 2.24) is 9.55 Å². The molecule has 0 saturated carbocycles. The Morgan fingerprint density at radius 1 is 1.20 bits per heavy atom. The van der Waals surface area contributed by atoms with Gasteiger partial charge in [0.2, 0.25) is 0 Å². The Kier molecular flexibility index (Phi) is 3.75. The molecule has 0 aliphatic heterocycles. The summed E-state index contributed by atoms with van der Waals surface area (Å²) in [6.45, 7) is 9.36. The summed E-state index contributed by atoms with van der Waals surface area (Å²) in [6.07, 6.45) is 0. The van der Waals surface area contributed by atoms with Crippen LogP contribution in [0.2, 0.25) is 0 Å². The van der Waals surface area contributed by atoms with E-state index in [9.17, 15) is 0 Å². The lowest BCUT2D eigenvalue weighted by Crippen LogP contribution is -2.19. The number of ether oxygens (including phenoxy) is 1. The third-order valence-electron chi connectivity index (χ3n) is 3.36. The van der Waals surface area contributed by atoms with Gasteiger partial charge in [0, 0.05) is 17.5 Å². The molecule has 1 aromatic carbocycles. The Bertz CT molecular complexity index is 591. The van der Waals surface area contributed by atoms with Crippen molar-refractivity contribution >= 4 is 5.82 Å². The van der Waals surface area contributed by atoms with Crippen molar-refractivity contribution in [3.63, 3.8) is 0 Å². The molecule has 0 amide bonds. The molecule has 1 aromatic heterocycles. The molecule has 0 aliphatic rings. The molecule has 2 rings (SSSR count). The summed E-state index contributed by atoms with van der Waals surface area (Å²) in [4.78, 5) is 4.77. The molecule has 108 valence electrons. The fourth-order valence-corrected chi connectivity index (χ4v) is 2.32. The van der Waals surface area contributed by atoms with Crippen LogP contribution in [-0.2, 0) is 12.0 Å². The number of hydrogen-bond acceptors (Lipinski definition) is 3. The zero-order chi connectivity index (χ0) is 14.9. The van der Waals surface area contributed by atoms with Crippen LogP contribution in [0.3, 0.4) is 0 Å². The fraction of sp³-hybridized carbons (Fsp3) is 0.438. The monoisotopic (exact) mass is 273 g/mol. The van der Waals surface area contributed by atoms with Gasteiger partial charge in [-0.15, -0.1) is 0 Å². The van der Waals surface area contributed by atoms with E-state index in [1.807, 2.05) is 24.3 Å². The molecule has 0 spiro atoms. The zero-order valence-electron chi connectivity index (χ0n) is 12.9. The van der Waals surface area contributed by atoms with Gasteiger partial charge in [-0.3, -0.25) is 0 Å². The molecular formula is C16H23N3O. The van der Waals surface area contributed by atoms with E-state index in [1.54, 1.807) is 7.11 Å². The maximum atomic E-state index is 6.28. The van der Waals surface area contributed by atoms with Gasteiger partial charge in [0.15, 0.2) is 0 Å². The number of nitrogens with zero attached hydrogens (tertiary/aromatic N) is 2. The van der Waals surface area contributed by atoms with Crippen molar-refractivity contribution in [2.75, 3.05) is 12.8 Å². The second-order valence-electron chi connectivity index (χ2n) is 5.89. The Morgan fingerprint density at radius 2 is 1.80 bits per heavy atom. The predicted molar refractivity (Wildman–Crippen MR) is 83.0 cm³/mol. The first-order chi connectivity index (χ1) is 9.38. The molecule has 0 aliphatic carbocycles. The number of hydrogen-bond donors (Lipinski definition) is 1. The Labute approximate surface area is 120 Å². The number of nitrogens with two attached hydrogens (primary N) is 1. The first-order valence-electron chi connectivity index (χ1n) is 6.89. The lowest BCUT2D eigenvalue weighted by molar-refractivity contribution is 0.415. The number of benzene rings is 1. The van der Waals surface area contributed by atoms with Crippen LogP contribution < -0.4 is 10.5 Å². The minimum atomic E-state index is -0.0329. The van der Waals surface area contributed by atoms with Crippen LogP contribution in [0.1, 0.15) is 33.5 Å². The van der Waals surface area contributed by atoms with Crippen molar-refractivity contribution in [2.24, 2.45) is 0 Å². The third kappa shape index (κ3) is 2.50. The summed E-state index contributed by atoms with van der Waals surface area (Å²) >= 11 is 0. The van der Waals surface area contributed by atoms with Gasteiger partial charge in [0.1, 0.15) is 23.1 Å². The van der Waals surface area contributed by atoms with Gasteiger partial charge in [-0.2, -0.15) is 0 Å². The van der Waals surface area contributed by atoms with E-state index in [4.69, 9.17) is 15.5 Å². The van der Waals surface area contributed by atoms with E-state index in [-0.39, 0.29) is 5.41 Å². The van der Waals surface area contributed by atoms with Gasteiger partial charge in [-0.25, -0.2) is 4.98 Å². The lowest BCUT2D eigenvalue weighted by Gasteiger charge is -2.19. The summed E-state index contributed by atoms with van der Waals surface area (Å²) in [5.41, 5.74) is 8.11. The van der Waals surface area contributed by atoms with E-state index < -0.39 is 0 Å². The highest BCUT2D eigenvalue weighted by molar-refractivity contribution is 5.71. The number of imidazole rings is 1. The molecule has 0 atom stereocenters. The van der Waals surface area contributed by atoms with Crippen LogP contribution in [0.4, 0.5) is 5.82 Å². The van der Waals surface area contributed by atoms with Crippen LogP contribution in [-0.4, -0.2) is 16.7 Å². The Morgan fingerprint density at radius 3 is 2.20 bits per heavy atom. The summed E-state index contributed by atoms with van der Waals surface area (Å²) in [6, 6.07) is 7.83. The molecule has 0 saturated heterocycles. The molecule has 2 aromatic rings. The SMILES string of the molecule is CCn1c(C(C)(C)C)nc(-c2ccc(OC)cc2)c1N. The molecule has 0 unspecified atom stereocenters. The van der Waals surface area contributed by atoms with Gasteiger partial charge in [-0.05, 0) is 31.2 Å². The van der Waals surface area contributed by atoms with Crippen LogP contribution in [0, 0.1) is 0 Å². The highest BCUT2D eigenvalue weighted by atomic mass is 16.5. The van der Waals surface area contributed by atoms with Crippen LogP contribution in [0.5, 0.6) is 5.75 Å². The van der Waals surface area contributed by atoms with E-state index in [2.05, 4.69) is 32.3 Å². The van der Waals surface area contributed by atoms with Crippen LogP contribution in [0.25, 0.3) is 11.3 Å². The standard InChI is InChI=1S/C16H23N3O/c1-6-19-14(17)13(18-15(19)16(2,3)4)11-7-9-12(20-5)10-8-11/h7-10H,6,17H2,1-5H3. The minimum Gasteiger partial charge on any atom is -0.497 e. The molecular weight excluding hydrogens is 250 g/mol. The normalized spacial score (nSPS) is 11.7. The number of methoxy groups -OCH3 is 1. The van der Waals surface area contributed by atoms with Crippen molar-refractivity contribution in [2.45, 2.75) is 39.7 Å². The second-order valence-corrected chi connectivity index (χ2v) is 5.89. The number of anilines is 1. The van der Waals surface area contributed by atoms with Gasteiger partial charge in [0.05, 0.1) is 7.11 Å². The van der Waals surface area contributed by atoms with Crippen LogP contribution in [0.15, 0.2) is 24.3 Å². The molecule has 2 N–H and O–H groups in total. The van der Waals surface area contributed by atoms with Gasteiger partial charge < -0.3 is 15.0 Å². The van der Waals surface area contributed by atoms with Crippen molar-refractivity contribution < 1.29 is 4.74 Å². The summed E-state index contributed by atoms with van der Waals surface area (Å²) in [7, 11) is 1.66. The topological polar surface area (TPSA) is 53.1 Å². The first-order valence-corrected chi connectivity index (χ1v) is 6.89. The molecule has 20 heavy (non-hydrogen) atoms. The first kappa shape index (κ1) is 14.4. The average Bonchev–Trinajstić information content (AvgIpc) is 2.76. The van der Waals surface area contributed by atoms with Gasteiger partial charge in [0.25, 0.3) is 0 Å². The number of aromatic nitrogens is 2. The Hall–Kier alpha value is -1.97. The predicted octanol–water partition coefficient (Wildman–Crippen LogP) is 3.46. The van der Waals surface area contributed by atoms with E-state index in [0.717, 1.165) is 35.2 Å². The number of nitrogen functional groups attached to an aromatic ring is 1. The average molecular weight is 273 g/mol. The quantitative estimate of drug-likeness (QED) is 0.931. The van der Waals surface area contributed by atoms with Gasteiger partial charge in [-0.1, -0.05) is 20.8 Å². The molecule has 0 bridgehead atoms. The number of rotatable bonds is 3. The van der Waals surface area contributed by atoms with Gasteiger partial charge >= 0.3 is 0 Å². The molecule has 0 fully saturated rings. The van der Waals surface area contributed by atoms with E-state index in [0.29, 0.717) is 0 Å². The maximum Gasteiger partial charge on any atom is 0.131 e. The minimum absolute atomic E-state index is 0.0329. The molecule has 0 radical (unpaired) electrons. The molecule has 1 heterocycles. The highest BCUT2D eigenvalue weighted by Gasteiger charge is 2.24. The fourth-order valence-electron chi connectivity index (χ4n) is 2.32. The summed E-state index contributed by atoms with van der Waals surface area (Å²) < 4.78 is 7.27. The molecule has 4 nitrogen and oxygen atoms in total. The highest BCUT2D eigenvalue weighted by Crippen LogP contribution is 2.32. The van der Waals surface area contributed by atoms with E-state index >= 15 is 0 Å². The molecule has 4 heteroatoms. The van der Waals surface area contributed by atoms with Crippen molar-refractivity contribution in [3.8, 4) is 17.0 Å². The largest absolute Gasteiger partial charge is 0.497 e. The Balaban J connectivity index is 2.54. The van der Waals surface area contributed by atoms with Crippen molar-refractivity contribution in [1.29, 1.82) is 0 Å². The second kappa shape index (κ2) is 5.19. The maximum absolute atomic E-state index is 6.28.